The fourth-order valence-electron chi connectivity index (χ4n) is 2.66. The molecule has 1 aromatic heterocycles. The molecular formula is C21H22N4O4S. The summed E-state index contributed by atoms with van der Waals surface area (Å²) in [5.74, 6) is 0.998. The van der Waals surface area contributed by atoms with E-state index in [0.717, 1.165) is 5.56 Å². The van der Waals surface area contributed by atoms with Crippen molar-refractivity contribution in [2.45, 2.75) is 6.42 Å². The second-order valence-corrected chi connectivity index (χ2v) is 7.04. The van der Waals surface area contributed by atoms with Gasteiger partial charge in [-0.1, -0.05) is 24.3 Å². The molecule has 0 saturated heterocycles. The molecule has 3 amide bonds. The topological polar surface area (TPSA) is 102 Å². The van der Waals surface area contributed by atoms with Crippen molar-refractivity contribution in [1.82, 2.24) is 10.3 Å². The molecule has 3 aromatic rings. The third-order valence-corrected chi connectivity index (χ3v) is 4.89. The first-order valence-electron chi connectivity index (χ1n) is 9.16. The maximum Gasteiger partial charge on any atom is 0.325 e. The molecule has 0 aliphatic heterocycles. The number of nitrogens with one attached hydrogen (secondary N) is 3. The standard InChI is InChI=1S/C21H22N4O4S/c1-28-17-9-8-14(12-18(17)29-2)10-11-22-19(26)16-13-30-21(24-16)25-20(27)23-15-6-4-3-5-7-15/h3-9,12-13H,10-11H2,1-2H3,(H,22,26)(H2,23,24,25,27). The highest BCUT2D eigenvalue weighted by Crippen LogP contribution is 2.27. The molecule has 8 nitrogen and oxygen atoms in total. The summed E-state index contributed by atoms with van der Waals surface area (Å²) in [5.41, 5.74) is 1.92. The SMILES string of the molecule is COc1ccc(CCNC(=O)c2csc(NC(=O)Nc3ccccc3)n2)cc1OC. The Bertz CT molecular complexity index is 1010. The largest absolute Gasteiger partial charge is 0.493 e. The molecule has 156 valence electrons. The number of benzene rings is 2. The molecule has 0 aliphatic rings. The highest BCUT2D eigenvalue weighted by molar-refractivity contribution is 7.14. The molecule has 9 heteroatoms. The summed E-state index contributed by atoms with van der Waals surface area (Å²) >= 11 is 1.18. The highest BCUT2D eigenvalue weighted by Gasteiger charge is 2.12. The van der Waals surface area contributed by atoms with Gasteiger partial charge in [0.25, 0.3) is 5.91 Å². The van der Waals surface area contributed by atoms with Crippen LogP contribution in [0.4, 0.5) is 15.6 Å². The van der Waals surface area contributed by atoms with Crippen LogP contribution < -0.4 is 25.4 Å². The molecule has 0 aliphatic carbocycles. The van der Waals surface area contributed by atoms with Crippen LogP contribution in [0, 0.1) is 0 Å². The first kappa shape index (κ1) is 21.1. The number of hydrogen-bond acceptors (Lipinski definition) is 6. The molecule has 0 radical (unpaired) electrons. The summed E-state index contributed by atoms with van der Waals surface area (Å²) in [6.45, 7) is 0.434. The zero-order valence-corrected chi connectivity index (χ0v) is 17.4. The Labute approximate surface area is 178 Å². The Morgan fingerprint density at radius 2 is 1.77 bits per heavy atom. The third-order valence-electron chi connectivity index (χ3n) is 4.14. The summed E-state index contributed by atoms with van der Waals surface area (Å²) < 4.78 is 10.5. The minimum atomic E-state index is -0.420. The number of carbonyl (C=O) groups is 2. The lowest BCUT2D eigenvalue weighted by Gasteiger charge is -2.09. The molecule has 0 unspecified atom stereocenters. The van der Waals surface area contributed by atoms with Gasteiger partial charge in [0.15, 0.2) is 16.6 Å². The molecule has 0 saturated carbocycles. The van der Waals surface area contributed by atoms with Gasteiger partial charge in [0.05, 0.1) is 14.2 Å². The van der Waals surface area contributed by atoms with Crippen LogP contribution in [0.1, 0.15) is 16.1 Å². The molecule has 0 spiro atoms. The maximum absolute atomic E-state index is 12.3. The van der Waals surface area contributed by atoms with Crippen LogP contribution in [-0.2, 0) is 6.42 Å². The number of urea groups is 1. The van der Waals surface area contributed by atoms with Crippen molar-refractivity contribution in [3.8, 4) is 11.5 Å². The van der Waals surface area contributed by atoms with Gasteiger partial charge in [-0.3, -0.25) is 10.1 Å². The molecule has 3 N–H and O–H groups in total. The van der Waals surface area contributed by atoms with Crippen molar-refractivity contribution in [2.24, 2.45) is 0 Å². The lowest BCUT2D eigenvalue weighted by molar-refractivity contribution is 0.0950. The predicted molar refractivity (Wildman–Crippen MR) is 117 cm³/mol. The number of hydrogen-bond donors (Lipinski definition) is 3. The van der Waals surface area contributed by atoms with E-state index in [9.17, 15) is 9.59 Å². The average Bonchev–Trinajstić information content (AvgIpc) is 3.22. The normalized spacial score (nSPS) is 10.2. The monoisotopic (exact) mass is 426 g/mol. The molecule has 1 heterocycles. The predicted octanol–water partition coefficient (Wildman–Crippen LogP) is 3.78. The Kier molecular flexibility index (Phi) is 7.23. The Balaban J connectivity index is 1.48. The number of rotatable bonds is 8. The Hall–Kier alpha value is -3.59. The molecule has 0 bridgehead atoms. The van der Waals surface area contributed by atoms with Gasteiger partial charge in [-0.25, -0.2) is 9.78 Å². The molecule has 3 rings (SSSR count). The average molecular weight is 426 g/mol. The number of thiazole rings is 1. The van der Waals surface area contributed by atoms with E-state index >= 15 is 0 Å². The highest BCUT2D eigenvalue weighted by atomic mass is 32.1. The first-order chi connectivity index (χ1) is 14.6. The van der Waals surface area contributed by atoms with E-state index in [1.807, 2.05) is 36.4 Å². The molecule has 2 aromatic carbocycles. The Morgan fingerprint density at radius 3 is 2.50 bits per heavy atom. The number of anilines is 2. The summed E-state index contributed by atoms with van der Waals surface area (Å²) in [4.78, 5) is 28.5. The number of carbonyl (C=O) groups excluding carboxylic acids is 2. The number of aromatic nitrogens is 1. The zero-order valence-electron chi connectivity index (χ0n) is 16.6. The van der Waals surface area contributed by atoms with E-state index in [-0.39, 0.29) is 11.6 Å². The minimum Gasteiger partial charge on any atom is -0.493 e. The lowest BCUT2D eigenvalue weighted by atomic mass is 10.1. The fourth-order valence-corrected chi connectivity index (χ4v) is 3.35. The van der Waals surface area contributed by atoms with Gasteiger partial charge < -0.3 is 20.1 Å². The second kappa shape index (κ2) is 10.3. The van der Waals surface area contributed by atoms with Crippen molar-refractivity contribution in [2.75, 3.05) is 31.4 Å². The second-order valence-electron chi connectivity index (χ2n) is 6.18. The number of nitrogens with zero attached hydrogens (tertiary/aromatic N) is 1. The van der Waals surface area contributed by atoms with E-state index < -0.39 is 6.03 Å². The van der Waals surface area contributed by atoms with Gasteiger partial charge in [-0.05, 0) is 36.2 Å². The summed E-state index contributed by atoms with van der Waals surface area (Å²) in [7, 11) is 3.16. The van der Waals surface area contributed by atoms with Gasteiger partial charge in [0.2, 0.25) is 0 Å². The van der Waals surface area contributed by atoms with E-state index in [0.29, 0.717) is 35.3 Å². The van der Waals surface area contributed by atoms with Crippen molar-refractivity contribution in [1.29, 1.82) is 0 Å². The van der Waals surface area contributed by atoms with Crippen LogP contribution in [0.3, 0.4) is 0 Å². The lowest BCUT2D eigenvalue weighted by Crippen LogP contribution is -2.26. The third kappa shape index (κ3) is 5.71. The maximum atomic E-state index is 12.3. The van der Waals surface area contributed by atoms with Gasteiger partial charge >= 0.3 is 6.03 Å². The van der Waals surface area contributed by atoms with Crippen LogP contribution in [0.15, 0.2) is 53.9 Å². The van der Waals surface area contributed by atoms with Gasteiger partial charge in [0, 0.05) is 17.6 Å². The number of methoxy groups -OCH3 is 2. The van der Waals surface area contributed by atoms with E-state index in [2.05, 4.69) is 20.9 Å². The minimum absolute atomic E-state index is 0.252. The molecular weight excluding hydrogens is 404 g/mol. The molecule has 0 fully saturated rings. The summed E-state index contributed by atoms with van der Waals surface area (Å²) in [5, 5.41) is 10.1. The van der Waals surface area contributed by atoms with Crippen LogP contribution in [0.5, 0.6) is 11.5 Å². The van der Waals surface area contributed by atoms with Crippen LogP contribution in [-0.4, -0.2) is 37.7 Å². The first-order valence-corrected chi connectivity index (χ1v) is 10.0. The molecule has 0 atom stereocenters. The van der Waals surface area contributed by atoms with Gasteiger partial charge in [0.1, 0.15) is 5.69 Å². The smallest absolute Gasteiger partial charge is 0.325 e. The van der Waals surface area contributed by atoms with E-state index in [4.69, 9.17) is 9.47 Å². The Morgan fingerprint density at radius 1 is 1.00 bits per heavy atom. The van der Waals surface area contributed by atoms with Crippen molar-refractivity contribution >= 4 is 34.1 Å². The van der Waals surface area contributed by atoms with Crippen molar-refractivity contribution in [3.05, 3.63) is 65.2 Å². The molecule has 30 heavy (non-hydrogen) atoms. The van der Waals surface area contributed by atoms with E-state index in [1.165, 1.54) is 11.3 Å². The fraction of sp³-hybridized carbons (Fsp3) is 0.190. The van der Waals surface area contributed by atoms with Crippen LogP contribution in [0.25, 0.3) is 0 Å². The van der Waals surface area contributed by atoms with Gasteiger partial charge in [-0.15, -0.1) is 11.3 Å². The number of ether oxygens (including phenoxy) is 2. The van der Waals surface area contributed by atoms with Gasteiger partial charge in [-0.2, -0.15) is 0 Å². The number of para-hydroxylation sites is 1. The number of amides is 3. The van der Waals surface area contributed by atoms with Crippen LogP contribution in [0.2, 0.25) is 0 Å². The quantitative estimate of drug-likeness (QED) is 0.509. The summed E-state index contributed by atoms with van der Waals surface area (Å²) in [6.07, 6.45) is 0.626. The van der Waals surface area contributed by atoms with Crippen LogP contribution >= 0.6 is 11.3 Å². The zero-order chi connectivity index (χ0) is 21.3. The van der Waals surface area contributed by atoms with E-state index in [1.54, 1.807) is 31.7 Å². The van der Waals surface area contributed by atoms with Crippen molar-refractivity contribution < 1.29 is 19.1 Å². The van der Waals surface area contributed by atoms with Crippen molar-refractivity contribution in [3.63, 3.8) is 0 Å². The summed E-state index contributed by atoms with van der Waals surface area (Å²) in [6, 6.07) is 14.3.